The van der Waals surface area contributed by atoms with Crippen molar-refractivity contribution in [1.29, 1.82) is 0 Å². The molecule has 6 nitrogen and oxygen atoms in total. The van der Waals surface area contributed by atoms with E-state index in [1.165, 1.54) is 0 Å². The minimum atomic E-state index is -1.69. The zero-order valence-electron chi connectivity index (χ0n) is 15.5. The third-order valence-corrected chi connectivity index (χ3v) is 5.91. The first-order valence-electron chi connectivity index (χ1n) is 9.23. The van der Waals surface area contributed by atoms with E-state index in [1.807, 2.05) is 24.3 Å². The van der Waals surface area contributed by atoms with Crippen LogP contribution in [-0.4, -0.2) is 51.4 Å². The molecule has 0 amide bonds. The molecule has 0 radical (unpaired) electrons. The Hall–Kier alpha value is -1.95. The third-order valence-electron chi connectivity index (χ3n) is 5.56. The van der Waals surface area contributed by atoms with E-state index in [1.54, 1.807) is 12.1 Å². The van der Waals surface area contributed by atoms with Crippen LogP contribution in [0.4, 0.5) is 0 Å². The second-order valence-corrected chi connectivity index (χ2v) is 7.75. The zero-order valence-corrected chi connectivity index (χ0v) is 16.2. The molecule has 4 rings (SSSR count). The van der Waals surface area contributed by atoms with Crippen molar-refractivity contribution in [3.63, 3.8) is 0 Å². The number of aliphatic hydroxyl groups is 4. The smallest absolute Gasteiger partial charge is 0.225 e. The van der Waals surface area contributed by atoms with Crippen molar-refractivity contribution in [3.05, 3.63) is 69.2 Å². The lowest BCUT2D eigenvalue weighted by Gasteiger charge is -2.46. The Morgan fingerprint density at radius 3 is 2.52 bits per heavy atom. The lowest BCUT2D eigenvalue weighted by molar-refractivity contribution is -0.368. The van der Waals surface area contributed by atoms with Gasteiger partial charge in [-0.1, -0.05) is 29.7 Å². The van der Waals surface area contributed by atoms with Gasteiger partial charge in [-0.05, 0) is 47.4 Å². The van der Waals surface area contributed by atoms with Crippen molar-refractivity contribution < 1.29 is 29.9 Å². The van der Waals surface area contributed by atoms with E-state index >= 15 is 0 Å². The second-order valence-electron chi connectivity index (χ2n) is 7.34. The number of terminal acetylenes is 1. The molecule has 4 N–H and O–H groups in total. The molecule has 2 aliphatic rings. The average Bonchev–Trinajstić information content (AvgIpc) is 3.08. The van der Waals surface area contributed by atoms with Gasteiger partial charge in [-0.25, -0.2) is 0 Å². The summed E-state index contributed by atoms with van der Waals surface area (Å²) in [6.45, 7) is -0.419. The van der Waals surface area contributed by atoms with Crippen LogP contribution in [0.25, 0.3) is 0 Å². The number of hydrogen-bond donors (Lipinski definition) is 4. The fourth-order valence-corrected chi connectivity index (χ4v) is 4.18. The molecule has 2 aromatic rings. The molecule has 29 heavy (non-hydrogen) atoms. The highest BCUT2D eigenvalue weighted by Crippen LogP contribution is 2.47. The van der Waals surface area contributed by atoms with Gasteiger partial charge in [-0.3, -0.25) is 0 Å². The summed E-state index contributed by atoms with van der Waals surface area (Å²) in [6.07, 6.45) is 0.293. The quantitative estimate of drug-likeness (QED) is 0.559. The highest BCUT2D eigenvalue weighted by molar-refractivity contribution is 6.31. The van der Waals surface area contributed by atoms with Crippen molar-refractivity contribution in [3.8, 4) is 12.3 Å². The lowest BCUT2D eigenvalue weighted by atomic mass is 9.86. The molecule has 0 bridgehead atoms. The van der Waals surface area contributed by atoms with Crippen LogP contribution in [0, 0.1) is 12.3 Å². The predicted molar refractivity (Wildman–Crippen MR) is 105 cm³/mol. The number of hydrogen-bond acceptors (Lipinski definition) is 6. The number of ether oxygens (including phenoxy) is 2. The zero-order chi connectivity index (χ0) is 20.8. The monoisotopic (exact) mass is 416 g/mol. The van der Waals surface area contributed by atoms with Gasteiger partial charge in [-0.15, -0.1) is 6.42 Å². The first kappa shape index (κ1) is 20.3. The van der Waals surface area contributed by atoms with Gasteiger partial charge in [0.1, 0.15) is 24.4 Å². The van der Waals surface area contributed by atoms with E-state index in [4.69, 9.17) is 27.5 Å². The Morgan fingerprint density at radius 2 is 1.86 bits per heavy atom. The number of aliphatic hydroxyl groups excluding tert-OH is 4. The van der Waals surface area contributed by atoms with Crippen LogP contribution in [0.1, 0.15) is 27.8 Å². The van der Waals surface area contributed by atoms with E-state index in [0.717, 1.165) is 16.7 Å². The van der Waals surface area contributed by atoms with Crippen molar-refractivity contribution in [2.24, 2.45) is 0 Å². The average molecular weight is 417 g/mol. The van der Waals surface area contributed by atoms with E-state index in [0.29, 0.717) is 22.6 Å². The van der Waals surface area contributed by atoms with Crippen LogP contribution in [0.5, 0.6) is 0 Å². The molecule has 7 heteroatoms. The maximum atomic E-state index is 10.7. The summed E-state index contributed by atoms with van der Waals surface area (Å²) in [5.74, 6) is 0.887. The van der Waals surface area contributed by atoms with E-state index in [9.17, 15) is 20.4 Å². The Bertz CT molecular complexity index is 951. The molecule has 1 fully saturated rings. The van der Waals surface area contributed by atoms with Crippen LogP contribution in [-0.2, 0) is 28.3 Å². The van der Waals surface area contributed by atoms with Crippen LogP contribution in [0.3, 0.4) is 0 Å². The minimum absolute atomic E-state index is 0.115. The highest BCUT2D eigenvalue weighted by Gasteiger charge is 2.58. The largest absolute Gasteiger partial charge is 0.394 e. The molecular formula is C22H21ClO6. The SMILES string of the molecule is C#Cc1ccc(Cc2cc3c(cc2Cl)CO[C@]32OC(CO)[C@@H](O)[C@H](O)[C@H]2O)cc1. The molecule has 2 aromatic carbocycles. The molecule has 2 aliphatic heterocycles. The molecule has 0 saturated carbocycles. The fraction of sp³-hybridized carbons (Fsp3) is 0.364. The first-order valence-corrected chi connectivity index (χ1v) is 9.61. The highest BCUT2D eigenvalue weighted by atomic mass is 35.5. The summed E-state index contributed by atoms with van der Waals surface area (Å²) >= 11 is 6.47. The minimum Gasteiger partial charge on any atom is -0.394 e. The third kappa shape index (κ3) is 3.35. The summed E-state index contributed by atoms with van der Waals surface area (Å²) < 4.78 is 11.6. The van der Waals surface area contributed by atoms with Crippen LogP contribution >= 0.6 is 11.6 Å². The van der Waals surface area contributed by atoms with Gasteiger partial charge < -0.3 is 29.9 Å². The normalized spacial score (nSPS) is 30.9. The number of fused-ring (bicyclic) bond motifs is 2. The lowest BCUT2D eigenvalue weighted by Crippen LogP contribution is -2.63. The predicted octanol–water partition coefficient (Wildman–Crippen LogP) is 1.07. The number of halogens is 1. The first-order chi connectivity index (χ1) is 13.9. The summed E-state index contributed by atoms with van der Waals surface area (Å²) in [5.41, 5.74) is 3.78. The van der Waals surface area contributed by atoms with Gasteiger partial charge >= 0.3 is 0 Å². The molecule has 1 unspecified atom stereocenters. The van der Waals surface area contributed by atoms with Crippen molar-refractivity contribution in [2.75, 3.05) is 6.61 Å². The van der Waals surface area contributed by atoms with E-state index in [-0.39, 0.29) is 6.61 Å². The summed E-state index contributed by atoms with van der Waals surface area (Å²) in [5, 5.41) is 41.1. The van der Waals surface area contributed by atoms with Crippen LogP contribution < -0.4 is 0 Å². The van der Waals surface area contributed by atoms with Gasteiger partial charge in [0.05, 0.1) is 13.2 Å². The van der Waals surface area contributed by atoms with Gasteiger partial charge in [0.2, 0.25) is 5.79 Å². The maximum Gasteiger partial charge on any atom is 0.225 e. The number of rotatable bonds is 3. The summed E-state index contributed by atoms with van der Waals surface area (Å²) in [4.78, 5) is 0. The molecule has 1 saturated heterocycles. The summed E-state index contributed by atoms with van der Waals surface area (Å²) in [6, 6.07) is 11.1. The van der Waals surface area contributed by atoms with Gasteiger partial charge in [0.15, 0.2) is 0 Å². The Balaban J connectivity index is 1.72. The second kappa shape index (κ2) is 7.71. The number of benzene rings is 2. The molecule has 0 aromatic heterocycles. The molecule has 2 heterocycles. The van der Waals surface area contributed by atoms with Crippen LogP contribution in [0.2, 0.25) is 5.02 Å². The van der Waals surface area contributed by atoms with E-state index < -0.39 is 36.8 Å². The fourth-order valence-electron chi connectivity index (χ4n) is 3.92. The van der Waals surface area contributed by atoms with Crippen molar-refractivity contribution in [2.45, 2.75) is 43.2 Å². The molecular weight excluding hydrogens is 396 g/mol. The van der Waals surface area contributed by atoms with Crippen molar-refractivity contribution in [1.82, 2.24) is 0 Å². The Labute approximate surface area is 173 Å². The molecule has 152 valence electrons. The van der Waals surface area contributed by atoms with Crippen molar-refractivity contribution >= 4 is 11.6 Å². The van der Waals surface area contributed by atoms with Crippen LogP contribution in [0.15, 0.2) is 36.4 Å². The maximum absolute atomic E-state index is 10.7. The van der Waals surface area contributed by atoms with Gasteiger partial charge in [0, 0.05) is 16.1 Å². The Kier molecular flexibility index (Phi) is 5.40. The summed E-state index contributed by atoms with van der Waals surface area (Å²) in [7, 11) is 0. The molecule has 1 spiro atoms. The topological polar surface area (TPSA) is 99.4 Å². The van der Waals surface area contributed by atoms with Gasteiger partial charge in [0.25, 0.3) is 0 Å². The molecule has 0 aliphatic carbocycles. The standard InChI is InChI=1S/C22H21ClO6/c1-2-12-3-5-13(6-4-12)7-14-8-16-15(9-17(14)23)11-28-22(16)21(27)20(26)19(25)18(10-24)29-22/h1,3-6,8-9,18-21,24-27H,7,10-11H2/t18?,19-,20+,21-,22+/m1/s1. The van der Waals surface area contributed by atoms with E-state index in [2.05, 4.69) is 5.92 Å². The molecule has 5 atom stereocenters. The van der Waals surface area contributed by atoms with Gasteiger partial charge in [-0.2, -0.15) is 0 Å². The Morgan fingerprint density at radius 1 is 1.14 bits per heavy atom.